The number of amides is 1. The average Bonchev–Trinajstić information content (AvgIpc) is 3.32. The average molecular weight is 472 g/mol. The van der Waals surface area contributed by atoms with Crippen molar-refractivity contribution in [2.75, 3.05) is 0 Å². The number of aromatic nitrogens is 1. The first-order valence-electron chi connectivity index (χ1n) is 10.8. The molecule has 1 amide bonds. The summed E-state index contributed by atoms with van der Waals surface area (Å²) in [5.74, 6) is -1.00. The Hall–Kier alpha value is -3.78. The Morgan fingerprint density at radius 2 is 1.82 bits per heavy atom. The summed E-state index contributed by atoms with van der Waals surface area (Å²) in [5, 5.41) is 14.9. The van der Waals surface area contributed by atoms with Gasteiger partial charge in [-0.1, -0.05) is 29.8 Å². The van der Waals surface area contributed by atoms with E-state index in [9.17, 15) is 9.18 Å². The van der Waals surface area contributed by atoms with Gasteiger partial charge in [-0.2, -0.15) is 15.1 Å². The Morgan fingerprint density at radius 3 is 2.56 bits per heavy atom. The van der Waals surface area contributed by atoms with Gasteiger partial charge in [-0.3, -0.25) is 10.2 Å². The number of thioether (sulfide) groups is 1. The number of halogens is 1. The fraction of sp³-hybridized carbons (Fsp3) is 0.154. The Bertz CT molecular complexity index is 1480. The zero-order valence-electron chi connectivity index (χ0n) is 19.2. The number of fused-ring (bicyclic) bond motifs is 1. The monoisotopic (exact) mass is 471 g/mol. The number of hydrogen-bond acceptors (Lipinski definition) is 4. The first-order valence-corrected chi connectivity index (χ1v) is 11.6. The van der Waals surface area contributed by atoms with Crippen LogP contribution in [-0.4, -0.2) is 31.5 Å². The summed E-state index contributed by atoms with van der Waals surface area (Å²) in [5.41, 5.74) is 6.68. The summed E-state index contributed by atoms with van der Waals surface area (Å²) in [6, 6.07) is 14.6. The van der Waals surface area contributed by atoms with Crippen molar-refractivity contribution in [3.05, 3.63) is 93.6 Å². The Labute approximate surface area is 201 Å². The molecule has 0 bridgehead atoms. The van der Waals surface area contributed by atoms with Gasteiger partial charge in [0, 0.05) is 22.6 Å². The van der Waals surface area contributed by atoms with E-state index < -0.39 is 11.7 Å². The van der Waals surface area contributed by atoms with E-state index in [4.69, 9.17) is 5.41 Å². The van der Waals surface area contributed by atoms with E-state index in [-0.39, 0.29) is 16.6 Å². The lowest BCUT2D eigenvalue weighted by atomic mass is 10.1. The largest absolute Gasteiger partial charge is 0.318 e. The number of carbonyl (C=O) groups is 1. The van der Waals surface area contributed by atoms with Gasteiger partial charge in [0.05, 0.1) is 5.57 Å². The summed E-state index contributed by atoms with van der Waals surface area (Å²) in [6.45, 7) is 8.14. The molecular formula is C26H22FN5OS. The predicted molar refractivity (Wildman–Crippen MR) is 135 cm³/mol. The minimum atomic E-state index is -0.509. The van der Waals surface area contributed by atoms with Gasteiger partial charge >= 0.3 is 0 Å². The highest BCUT2D eigenvalue weighted by atomic mass is 32.2. The molecule has 0 unspecified atom stereocenters. The molecule has 2 aliphatic heterocycles. The summed E-state index contributed by atoms with van der Waals surface area (Å²) in [7, 11) is 0. The molecule has 1 N–H and O–H groups in total. The summed E-state index contributed by atoms with van der Waals surface area (Å²) in [6.07, 6.45) is 1.69. The molecule has 5 rings (SSSR count). The highest BCUT2D eigenvalue weighted by Gasteiger charge is 2.36. The van der Waals surface area contributed by atoms with Crippen molar-refractivity contribution in [3.63, 3.8) is 0 Å². The van der Waals surface area contributed by atoms with Crippen LogP contribution in [0.15, 0.2) is 64.2 Å². The number of rotatable bonds is 3. The second-order valence-corrected chi connectivity index (χ2v) is 9.31. The van der Waals surface area contributed by atoms with Gasteiger partial charge in [0.1, 0.15) is 10.9 Å². The number of aryl methyl sites for hydroxylation is 3. The minimum Gasteiger partial charge on any atom is -0.318 e. The zero-order valence-corrected chi connectivity index (χ0v) is 20.0. The topological polar surface area (TPSA) is 73.8 Å². The summed E-state index contributed by atoms with van der Waals surface area (Å²) in [4.78, 5) is 17.0. The van der Waals surface area contributed by atoms with Crippen molar-refractivity contribution in [1.29, 1.82) is 5.41 Å². The minimum absolute atomic E-state index is 0.0786. The van der Waals surface area contributed by atoms with Crippen molar-refractivity contribution in [1.82, 2.24) is 9.58 Å². The van der Waals surface area contributed by atoms with Gasteiger partial charge in [-0.15, -0.1) is 0 Å². The van der Waals surface area contributed by atoms with Crippen LogP contribution in [0.4, 0.5) is 4.39 Å². The van der Waals surface area contributed by atoms with Crippen LogP contribution in [0.25, 0.3) is 11.8 Å². The number of nitrogens with one attached hydrogen (secondary N) is 1. The first-order chi connectivity index (χ1) is 16.2. The molecular weight excluding hydrogens is 449 g/mol. The lowest BCUT2D eigenvalue weighted by Gasteiger charge is -2.20. The zero-order chi connectivity index (χ0) is 24.1. The van der Waals surface area contributed by atoms with Crippen molar-refractivity contribution in [3.8, 4) is 5.69 Å². The van der Waals surface area contributed by atoms with Crippen LogP contribution < -0.4 is 0 Å². The molecule has 3 aromatic rings. The molecule has 0 atom stereocenters. The van der Waals surface area contributed by atoms with Crippen LogP contribution in [0.5, 0.6) is 0 Å². The lowest BCUT2D eigenvalue weighted by molar-refractivity contribution is -0.114. The molecule has 0 spiro atoms. The van der Waals surface area contributed by atoms with Crippen molar-refractivity contribution >= 4 is 39.8 Å². The smallest absolute Gasteiger partial charge is 0.283 e. The molecule has 0 saturated heterocycles. The second kappa shape index (κ2) is 8.22. The number of nitrogens with zero attached hydrogens (tertiary/aromatic N) is 4. The van der Waals surface area contributed by atoms with Gasteiger partial charge in [0.2, 0.25) is 5.17 Å². The van der Waals surface area contributed by atoms with Crippen LogP contribution in [0.1, 0.15) is 33.6 Å². The van der Waals surface area contributed by atoms with Crippen LogP contribution in [0, 0.1) is 38.9 Å². The van der Waals surface area contributed by atoms with Crippen molar-refractivity contribution in [2.24, 2.45) is 10.1 Å². The van der Waals surface area contributed by atoms with E-state index in [0.29, 0.717) is 10.6 Å². The molecule has 0 aliphatic carbocycles. The Kier molecular flexibility index (Phi) is 5.32. The van der Waals surface area contributed by atoms with Crippen LogP contribution in [0.2, 0.25) is 0 Å². The molecule has 34 heavy (non-hydrogen) atoms. The highest BCUT2D eigenvalue weighted by molar-refractivity contribution is 8.27. The number of carbonyl (C=O) groups excluding carboxylic acids is 1. The molecule has 8 heteroatoms. The fourth-order valence-corrected chi connectivity index (χ4v) is 5.17. The number of hydrazone groups is 1. The Balaban J connectivity index is 1.53. The third-order valence-electron chi connectivity index (χ3n) is 5.92. The van der Waals surface area contributed by atoms with E-state index in [1.165, 1.54) is 16.6 Å². The SMILES string of the molecule is Cc1ccc(-n2c(C)cc(C=C3C(=N)N4N=C(c5ccccc5F)SC4=NC3=O)c2C)c(C)c1. The highest BCUT2D eigenvalue weighted by Crippen LogP contribution is 2.32. The molecule has 0 radical (unpaired) electrons. The molecule has 2 aromatic carbocycles. The maximum absolute atomic E-state index is 14.2. The van der Waals surface area contributed by atoms with E-state index in [2.05, 4.69) is 46.7 Å². The Morgan fingerprint density at radius 1 is 1.06 bits per heavy atom. The molecule has 0 fully saturated rings. The van der Waals surface area contributed by atoms with Crippen molar-refractivity contribution < 1.29 is 9.18 Å². The predicted octanol–water partition coefficient (Wildman–Crippen LogP) is 5.52. The molecule has 1 aromatic heterocycles. The van der Waals surface area contributed by atoms with E-state index in [1.807, 2.05) is 19.9 Å². The number of aliphatic imine (C=N–C) groups is 1. The van der Waals surface area contributed by atoms with Crippen LogP contribution >= 0.6 is 11.8 Å². The molecule has 170 valence electrons. The molecule has 6 nitrogen and oxygen atoms in total. The van der Waals surface area contributed by atoms with Crippen LogP contribution in [0.3, 0.4) is 0 Å². The molecule has 3 heterocycles. The van der Waals surface area contributed by atoms with Crippen molar-refractivity contribution in [2.45, 2.75) is 27.7 Å². The maximum Gasteiger partial charge on any atom is 0.283 e. The third kappa shape index (κ3) is 3.60. The van der Waals surface area contributed by atoms with Gasteiger partial charge in [-0.05, 0) is 80.9 Å². The van der Waals surface area contributed by atoms with Gasteiger partial charge in [-0.25, -0.2) is 4.39 Å². The standard InChI is InChI=1S/C26H22FN5OS/c1-14-9-10-22(15(2)11-14)31-16(3)12-18(17(31)4)13-20-23(28)32-26(29-24(20)33)34-25(30-32)19-7-5-6-8-21(19)27/h5-13,28H,1-4H3. The van der Waals surface area contributed by atoms with E-state index >= 15 is 0 Å². The maximum atomic E-state index is 14.2. The van der Waals surface area contributed by atoms with Crippen LogP contribution in [-0.2, 0) is 4.79 Å². The van der Waals surface area contributed by atoms with E-state index in [1.54, 1.807) is 24.3 Å². The molecule has 2 aliphatic rings. The summed E-state index contributed by atoms with van der Waals surface area (Å²) < 4.78 is 16.4. The second-order valence-electron chi connectivity index (χ2n) is 8.36. The molecule has 0 saturated carbocycles. The third-order valence-corrected chi connectivity index (χ3v) is 6.86. The number of amidine groups is 2. The number of benzene rings is 2. The first kappa shape index (κ1) is 22.0. The van der Waals surface area contributed by atoms with Gasteiger partial charge in [0.15, 0.2) is 5.84 Å². The lowest BCUT2D eigenvalue weighted by Crippen LogP contribution is -2.35. The summed E-state index contributed by atoms with van der Waals surface area (Å²) >= 11 is 1.08. The number of hydrogen-bond donors (Lipinski definition) is 1. The van der Waals surface area contributed by atoms with Gasteiger partial charge in [0.25, 0.3) is 5.91 Å². The fourth-order valence-electron chi connectivity index (χ4n) is 4.25. The quantitative estimate of drug-likeness (QED) is 0.512. The van der Waals surface area contributed by atoms with E-state index in [0.717, 1.165) is 40.0 Å². The van der Waals surface area contributed by atoms with Gasteiger partial charge < -0.3 is 4.57 Å². The normalized spacial score (nSPS) is 16.7.